The molecular formula is C20H20BrF3N2. The monoisotopic (exact) mass is 426 g/mol. The van der Waals surface area contributed by atoms with E-state index in [1.54, 1.807) is 18.0 Å². The van der Waals surface area contributed by atoms with Crippen molar-refractivity contribution in [2.45, 2.75) is 24.1 Å². The molecule has 4 rings (SSSR count). The molecule has 2 aromatic rings. The van der Waals surface area contributed by atoms with Crippen molar-refractivity contribution in [2.75, 3.05) is 31.5 Å². The molecule has 0 N–H and O–H groups in total. The van der Waals surface area contributed by atoms with Gasteiger partial charge in [-0.25, -0.2) is 0 Å². The molecule has 2 nitrogen and oxygen atoms in total. The van der Waals surface area contributed by atoms with Crippen LogP contribution in [0.25, 0.3) is 0 Å². The first-order chi connectivity index (χ1) is 13.2. The maximum absolute atomic E-state index is 13.5. The number of hydrogen-bond donors (Lipinski definition) is 0. The first-order valence-electron chi connectivity index (χ1n) is 9.58. The van der Waals surface area contributed by atoms with Gasteiger partial charge in [0.2, 0.25) is 0 Å². The predicted octanol–water partition coefficient (Wildman–Crippen LogP) is 5.15. The van der Waals surface area contributed by atoms with Crippen molar-refractivity contribution in [3.05, 3.63) is 64.1 Å². The van der Waals surface area contributed by atoms with Crippen molar-refractivity contribution in [1.29, 1.82) is 0 Å². The number of anilines is 1. The molecule has 2 aliphatic heterocycles. The molecule has 0 radical (unpaired) electrons. The van der Waals surface area contributed by atoms with Gasteiger partial charge < -0.3 is 4.90 Å². The van der Waals surface area contributed by atoms with Gasteiger partial charge in [-0.05, 0) is 39.5 Å². The lowest BCUT2D eigenvalue weighted by molar-refractivity contribution is -0.155. The Labute approximate surface area is 162 Å². The smallest absolute Gasteiger partial charge is 0.371 e. The SMILES string of the molecule is [2H]C1C[C@H](c2ccccc2)[C@@]2(c3cccc(Br)c3N(C)C2[2H])N1CC(F)(F)F. The van der Waals surface area contributed by atoms with Crippen molar-refractivity contribution >= 4 is 21.6 Å². The summed E-state index contributed by atoms with van der Waals surface area (Å²) < 4.78 is 58.8. The second kappa shape index (κ2) is 6.27. The van der Waals surface area contributed by atoms with Crippen LogP contribution in [0.2, 0.25) is 0 Å². The van der Waals surface area contributed by atoms with E-state index in [0.29, 0.717) is 5.56 Å². The van der Waals surface area contributed by atoms with Gasteiger partial charge in [0.05, 0.1) is 19.1 Å². The van der Waals surface area contributed by atoms with Gasteiger partial charge in [-0.15, -0.1) is 0 Å². The molecule has 1 saturated heterocycles. The van der Waals surface area contributed by atoms with Gasteiger partial charge in [0.25, 0.3) is 0 Å². The lowest BCUT2D eigenvalue weighted by Gasteiger charge is -2.40. The summed E-state index contributed by atoms with van der Waals surface area (Å²) in [7, 11) is 1.74. The van der Waals surface area contributed by atoms with Crippen LogP contribution in [-0.4, -0.2) is 37.7 Å². The number of fused-ring (bicyclic) bond motifs is 2. The predicted molar refractivity (Wildman–Crippen MR) is 101 cm³/mol. The van der Waals surface area contributed by atoms with Gasteiger partial charge in [-0.3, -0.25) is 4.90 Å². The molecule has 1 spiro atoms. The van der Waals surface area contributed by atoms with Crippen molar-refractivity contribution in [3.8, 4) is 0 Å². The third-order valence-electron chi connectivity index (χ3n) is 5.28. The number of likely N-dealkylation sites (N-methyl/N-ethyl adjacent to an activating group) is 1. The molecule has 0 bridgehead atoms. The van der Waals surface area contributed by atoms with Gasteiger partial charge in [-0.1, -0.05) is 42.5 Å². The number of benzene rings is 2. The molecule has 138 valence electrons. The van der Waals surface area contributed by atoms with Gasteiger partial charge in [0, 0.05) is 31.9 Å². The molecule has 26 heavy (non-hydrogen) atoms. The molecule has 6 heteroatoms. The first kappa shape index (κ1) is 15.5. The fraction of sp³-hybridized carbons (Fsp3) is 0.400. The summed E-state index contributed by atoms with van der Waals surface area (Å²) in [4.78, 5) is 2.91. The minimum absolute atomic E-state index is 0.245. The Morgan fingerprint density at radius 2 is 1.92 bits per heavy atom. The summed E-state index contributed by atoms with van der Waals surface area (Å²) in [6.07, 6.45) is -4.21. The van der Waals surface area contributed by atoms with Crippen LogP contribution >= 0.6 is 15.9 Å². The highest BCUT2D eigenvalue weighted by atomic mass is 79.9. The lowest BCUT2D eigenvalue weighted by Crippen LogP contribution is -2.50. The fourth-order valence-corrected chi connectivity index (χ4v) is 5.01. The summed E-state index contributed by atoms with van der Waals surface area (Å²) in [5.41, 5.74) is 1.02. The highest BCUT2D eigenvalue weighted by Gasteiger charge is 2.57. The van der Waals surface area contributed by atoms with Gasteiger partial charge in [0.1, 0.15) is 0 Å². The third-order valence-corrected chi connectivity index (χ3v) is 5.92. The summed E-state index contributed by atoms with van der Waals surface area (Å²) in [5, 5.41) is 0. The standard InChI is InChI=1S/C20H20BrF3N2/c1-25-12-19(16-8-5-9-17(21)18(16)25)15(14-6-3-2-4-7-14)10-11-26(19)13-20(22,23)24/h2-9,15H,10-13H2,1H3/t15-,19+/m1/s1/i11D,12D/t11?,12?,15-,19+. The Kier molecular flexibility index (Phi) is 3.74. The maximum Gasteiger partial charge on any atom is 0.401 e. The van der Waals surface area contributed by atoms with E-state index in [4.69, 9.17) is 2.74 Å². The van der Waals surface area contributed by atoms with Crippen molar-refractivity contribution in [2.24, 2.45) is 0 Å². The van der Waals surface area contributed by atoms with Crippen LogP contribution in [0.4, 0.5) is 18.9 Å². The number of hydrogen-bond acceptors (Lipinski definition) is 2. The van der Waals surface area contributed by atoms with Crippen LogP contribution in [0, 0.1) is 0 Å². The number of para-hydroxylation sites is 1. The number of nitrogens with zero attached hydrogens (tertiary/aromatic N) is 2. The molecule has 0 amide bonds. The van der Waals surface area contributed by atoms with E-state index in [2.05, 4.69) is 15.9 Å². The topological polar surface area (TPSA) is 6.48 Å². The maximum atomic E-state index is 13.5. The van der Waals surface area contributed by atoms with E-state index in [0.717, 1.165) is 15.7 Å². The van der Waals surface area contributed by atoms with Crippen LogP contribution in [0.3, 0.4) is 0 Å². The van der Waals surface area contributed by atoms with Crippen molar-refractivity contribution < 1.29 is 15.9 Å². The highest BCUT2D eigenvalue weighted by Crippen LogP contribution is 2.57. The fourth-order valence-electron chi connectivity index (χ4n) is 4.36. The van der Waals surface area contributed by atoms with Crippen LogP contribution < -0.4 is 4.90 Å². The zero-order valence-electron chi connectivity index (χ0n) is 16.2. The normalized spacial score (nSPS) is 32.7. The zero-order valence-corrected chi connectivity index (χ0v) is 15.8. The summed E-state index contributed by atoms with van der Waals surface area (Å²) in [6.45, 7) is -3.22. The molecule has 2 heterocycles. The Morgan fingerprint density at radius 3 is 2.62 bits per heavy atom. The van der Waals surface area contributed by atoms with E-state index in [9.17, 15) is 13.2 Å². The van der Waals surface area contributed by atoms with Crippen molar-refractivity contribution in [1.82, 2.24) is 4.90 Å². The molecule has 0 aliphatic carbocycles. The van der Waals surface area contributed by atoms with Gasteiger partial charge >= 0.3 is 6.18 Å². The first-order valence-corrected chi connectivity index (χ1v) is 9.22. The van der Waals surface area contributed by atoms with E-state index in [-0.39, 0.29) is 12.3 Å². The number of likely N-dealkylation sites (tertiary alicyclic amines) is 1. The highest BCUT2D eigenvalue weighted by molar-refractivity contribution is 9.10. The average Bonchev–Trinajstić information content (AvgIpc) is 3.04. The molecular weight excluding hydrogens is 405 g/mol. The lowest BCUT2D eigenvalue weighted by atomic mass is 9.76. The van der Waals surface area contributed by atoms with E-state index in [1.165, 1.54) is 4.90 Å². The summed E-state index contributed by atoms with van der Waals surface area (Å²) in [6, 6.07) is 14.8. The van der Waals surface area contributed by atoms with E-state index < -0.39 is 31.3 Å². The third kappa shape index (κ3) is 2.74. The molecule has 2 unspecified atom stereocenters. The number of alkyl halides is 3. The molecule has 0 aromatic heterocycles. The van der Waals surface area contributed by atoms with Crippen LogP contribution in [-0.2, 0) is 5.54 Å². The molecule has 1 fully saturated rings. The van der Waals surface area contributed by atoms with Crippen LogP contribution in [0.5, 0.6) is 0 Å². The molecule has 4 atom stereocenters. The average molecular weight is 427 g/mol. The quantitative estimate of drug-likeness (QED) is 0.655. The summed E-state index contributed by atoms with van der Waals surface area (Å²) in [5.74, 6) is -0.390. The van der Waals surface area contributed by atoms with Gasteiger partial charge in [0.15, 0.2) is 0 Å². The number of halogens is 4. The van der Waals surface area contributed by atoms with Gasteiger partial charge in [-0.2, -0.15) is 13.2 Å². The van der Waals surface area contributed by atoms with E-state index in [1.807, 2.05) is 42.5 Å². The largest absolute Gasteiger partial charge is 0.401 e. The molecule has 2 aliphatic rings. The Balaban J connectivity index is 1.98. The zero-order chi connectivity index (χ0) is 20.3. The Bertz CT molecular complexity index is 879. The minimum atomic E-state index is -4.45. The van der Waals surface area contributed by atoms with Crippen LogP contribution in [0.15, 0.2) is 53.0 Å². The van der Waals surface area contributed by atoms with Crippen LogP contribution in [0.1, 0.15) is 26.2 Å². The molecule has 2 aromatic carbocycles. The van der Waals surface area contributed by atoms with Crippen molar-refractivity contribution in [3.63, 3.8) is 0 Å². The number of rotatable bonds is 2. The van der Waals surface area contributed by atoms with E-state index >= 15 is 0 Å². The Morgan fingerprint density at radius 1 is 1.19 bits per heavy atom. The Hall–Kier alpha value is -1.53. The minimum Gasteiger partial charge on any atom is -0.371 e. The second-order valence-corrected chi connectivity index (χ2v) is 7.68. The second-order valence-electron chi connectivity index (χ2n) is 6.83. The summed E-state index contributed by atoms with van der Waals surface area (Å²) >= 11 is 3.51. The molecule has 0 saturated carbocycles.